The Labute approximate surface area is 146 Å². The number of nitrogens with zero attached hydrogens (tertiary/aromatic N) is 3. The lowest BCUT2D eigenvalue weighted by molar-refractivity contribution is 0.600. The number of benzene rings is 2. The van der Waals surface area contributed by atoms with E-state index in [1.54, 1.807) is 24.3 Å². The molecule has 0 saturated heterocycles. The predicted octanol–water partition coefficient (Wildman–Crippen LogP) is 3.03. The average Bonchev–Trinajstić information content (AvgIpc) is 2.96. The number of halogens is 2. The van der Waals surface area contributed by atoms with Crippen LogP contribution in [0.25, 0.3) is 0 Å². The van der Waals surface area contributed by atoms with Crippen LogP contribution in [0.3, 0.4) is 0 Å². The molecule has 0 spiro atoms. The molecule has 1 heterocycles. The molecule has 0 aliphatic carbocycles. The Morgan fingerprint density at radius 2 is 1.75 bits per heavy atom. The van der Waals surface area contributed by atoms with E-state index in [1.165, 1.54) is 35.3 Å². The van der Waals surface area contributed by atoms with Gasteiger partial charge >= 0.3 is 0 Å². The number of anilines is 1. The highest BCUT2D eigenvalue weighted by Gasteiger charge is 2.16. The monoisotopic (exact) mass is 410 g/mol. The molecule has 0 atom stereocenters. The van der Waals surface area contributed by atoms with Crippen LogP contribution >= 0.6 is 15.9 Å². The molecule has 0 unspecified atom stereocenters. The molecule has 0 aliphatic heterocycles. The molecule has 0 amide bonds. The molecule has 9 heteroatoms. The van der Waals surface area contributed by atoms with Crippen molar-refractivity contribution in [3.05, 3.63) is 70.7 Å². The topological polar surface area (TPSA) is 76.9 Å². The van der Waals surface area contributed by atoms with Gasteiger partial charge in [0.1, 0.15) is 12.1 Å². The number of hydrogen-bond acceptors (Lipinski definition) is 4. The highest BCUT2D eigenvalue weighted by Crippen LogP contribution is 2.16. The Morgan fingerprint density at radius 1 is 1.08 bits per heavy atom. The van der Waals surface area contributed by atoms with Crippen LogP contribution in [0.15, 0.2) is 64.2 Å². The summed E-state index contributed by atoms with van der Waals surface area (Å²) in [5.41, 5.74) is 0.823. The molecule has 2 aromatic carbocycles. The van der Waals surface area contributed by atoms with Crippen LogP contribution in [0, 0.1) is 5.82 Å². The van der Waals surface area contributed by atoms with Crippen molar-refractivity contribution < 1.29 is 12.8 Å². The first-order valence-corrected chi connectivity index (χ1v) is 9.12. The van der Waals surface area contributed by atoms with E-state index in [2.05, 4.69) is 30.7 Å². The van der Waals surface area contributed by atoms with Crippen LogP contribution in [0.5, 0.6) is 0 Å². The van der Waals surface area contributed by atoms with Crippen LogP contribution in [-0.2, 0) is 16.6 Å². The Balaban J connectivity index is 1.73. The first-order chi connectivity index (χ1) is 11.4. The lowest BCUT2D eigenvalue weighted by Gasteiger charge is -2.04. The molecule has 0 saturated carbocycles. The minimum absolute atomic E-state index is 0.0277. The number of rotatable bonds is 5. The van der Waals surface area contributed by atoms with Crippen LogP contribution < -0.4 is 4.72 Å². The minimum Gasteiger partial charge on any atom is -0.246 e. The van der Waals surface area contributed by atoms with Gasteiger partial charge in [-0.25, -0.2) is 22.2 Å². The van der Waals surface area contributed by atoms with Crippen molar-refractivity contribution in [1.29, 1.82) is 0 Å². The Morgan fingerprint density at radius 3 is 2.42 bits per heavy atom. The second kappa shape index (κ2) is 6.70. The molecule has 0 bridgehead atoms. The maximum Gasteiger partial charge on any atom is 0.264 e. The normalized spacial score (nSPS) is 11.4. The van der Waals surface area contributed by atoms with Gasteiger partial charge in [0.15, 0.2) is 0 Å². The maximum absolute atomic E-state index is 12.9. The zero-order valence-corrected chi connectivity index (χ0v) is 14.6. The van der Waals surface area contributed by atoms with Crippen molar-refractivity contribution in [3.8, 4) is 0 Å². The van der Waals surface area contributed by atoms with Gasteiger partial charge in [-0.2, -0.15) is 4.98 Å². The van der Waals surface area contributed by atoms with Gasteiger partial charge in [0.05, 0.1) is 11.4 Å². The summed E-state index contributed by atoms with van der Waals surface area (Å²) < 4.78 is 42.0. The average molecular weight is 411 g/mol. The molecule has 6 nitrogen and oxygen atoms in total. The third kappa shape index (κ3) is 3.98. The van der Waals surface area contributed by atoms with Gasteiger partial charge in [0, 0.05) is 4.47 Å². The fourth-order valence-electron chi connectivity index (χ4n) is 1.99. The van der Waals surface area contributed by atoms with E-state index in [-0.39, 0.29) is 16.7 Å². The second-order valence-electron chi connectivity index (χ2n) is 4.95. The Kier molecular flexibility index (Phi) is 4.63. The smallest absolute Gasteiger partial charge is 0.246 e. The highest BCUT2D eigenvalue weighted by atomic mass is 79.9. The van der Waals surface area contributed by atoms with E-state index in [9.17, 15) is 12.8 Å². The van der Waals surface area contributed by atoms with Crippen LogP contribution in [-0.4, -0.2) is 23.2 Å². The molecule has 0 fully saturated rings. The van der Waals surface area contributed by atoms with Gasteiger partial charge in [0.2, 0.25) is 0 Å². The van der Waals surface area contributed by atoms with Crippen molar-refractivity contribution in [1.82, 2.24) is 14.8 Å². The van der Waals surface area contributed by atoms with Gasteiger partial charge in [-0.1, -0.05) is 28.1 Å². The lowest BCUT2D eigenvalue weighted by Crippen LogP contribution is -2.14. The SMILES string of the molecule is O=S(=O)(Nc1ncn(Cc2ccc(F)cc2)n1)c1ccc(Br)cc1. The Bertz CT molecular complexity index is 940. The number of sulfonamides is 1. The van der Waals surface area contributed by atoms with E-state index in [1.807, 2.05) is 0 Å². The van der Waals surface area contributed by atoms with Crippen molar-refractivity contribution in [2.75, 3.05) is 4.72 Å². The summed E-state index contributed by atoms with van der Waals surface area (Å²) in [6.07, 6.45) is 1.41. The van der Waals surface area contributed by atoms with Crippen LogP contribution in [0.4, 0.5) is 10.3 Å². The molecule has 1 N–H and O–H groups in total. The molecule has 124 valence electrons. The molecule has 3 aromatic rings. The van der Waals surface area contributed by atoms with Gasteiger partial charge < -0.3 is 0 Å². The van der Waals surface area contributed by atoms with Gasteiger partial charge in [0.25, 0.3) is 16.0 Å². The molecular weight excluding hydrogens is 399 g/mol. The number of aromatic nitrogens is 3. The van der Waals surface area contributed by atoms with Crippen molar-refractivity contribution in [3.63, 3.8) is 0 Å². The van der Waals surface area contributed by atoms with Gasteiger partial charge in [-0.05, 0) is 42.0 Å². The van der Waals surface area contributed by atoms with E-state index in [4.69, 9.17) is 0 Å². The summed E-state index contributed by atoms with van der Waals surface area (Å²) in [6.45, 7) is 0.354. The number of hydrogen-bond donors (Lipinski definition) is 1. The zero-order chi connectivity index (χ0) is 17.2. The maximum atomic E-state index is 12.9. The molecule has 0 aliphatic rings. The first-order valence-electron chi connectivity index (χ1n) is 6.85. The molecule has 24 heavy (non-hydrogen) atoms. The summed E-state index contributed by atoms with van der Waals surface area (Å²) in [6, 6.07) is 12.2. The number of nitrogens with one attached hydrogen (secondary N) is 1. The second-order valence-corrected chi connectivity index (χ2v) is 7.55. The first kappa shape index (κ1) is 16.6. The van der Waals surface area contributed by atoms with Crippen molar-refractivity contribution in [2.45, 2.75) is 11.4 Å². The predicted molar refractivity (Wildman–Crippen MR) is 90.5 cm³/mol. The van der Waals surface area contributed by atoms with E-state index in [0.717, 1.165) is 10.0 Å². The van der Waals surface area contributed by atoms with E-state index < -0.39 is 10.0 Å². The van der Waals surface area contributed by atoms with Crippen molar-refractivity contribution in [2.24, 2.45) is 0 Å². The molecular formula is C15H12BrFN4O2S. The zero-order valence-electron chi connectivity index (χ0n) is 12.2. The molecule has 1 aromatic heterocycles. The van der Waals surface area contributed by atoms with Crippen LogP contribution in [0.1, 0.15) is 5.56 Å². The van der Waals surface area contributed by atoms with Crippen LogP contribution in [0.2, 0.25) is 0 Å². The van der Waals surface area contributed by atoms with Gasteiger partial charge in [-0.15, -0.1) is 5.10 Å². The summed E-state index contributed by atoms with van der Waals surface area (Å²) in [5.74, 6) is -0.347. The Hall–Kier alpha value is -2.26. The third-order valence-electron chi connectivity index (χ3n) is 3.14. The highest BCUT2D eigenvalue weighted by molar-refractivity contribution is 9.10. The summed E-state index contributed by atoms with van der Waals surface area (Å²) in [4.78, 5) is 4.05. The van der Waals surface area contributed by atoms with E-state index >= 15 is 0 Å². The van der Waals surface area contributed by atoms with Crippen molar-refractivity contribution >= 4 is 31.9 Å². The standard InChI is InChI=1S/C15H12BrFN4O2S/c16-12-3-7-14(8-4-12)24(22,23)20-15-18-10-21(19-15)9-11-1-5-13(17)6-2-11/h1-8,10H,9H2,(H,19,20). The summed E-state index contributed by atoms with van der Waals surface area (Å²) >= 11 is 3.25. The summed E-state index contributed by atoms with van der Waals surface area (Å²) in [7, 11) is -3.75. The fraction of sp³-hybridized carbons (Fsp3) is 0.0667. The largest absolute Gasteiger partial charge is 0.264 e. The summed E-state index contributed by atoms with van der Waals surface area (Å²) in [5, 5.41) is 4.07. The van der Waals surface area contributed by atoms with Gasteiger partial charge in [-0.3, -0.25) is 0 Å². The quantitative estimate of drug-likeness (QED) is 0.700. The van der Waals surface area contributed by atoms with E-state index in [0.29, 0.717) is 6.54 Å². The third-order valence-corrected chi connectivity index (χ3v) is 5.02. The minimum atomic E-state index is -3.75. The molecule has 3 rings (SSSR count). The fourth-order valence-corrected chi connectivity index (χ4v) is 3.20. The lowest BCUT2D eigenvalue weighted by atomic mass is 10.2. The molecule has 0 radical (unpaired) electrons.